The van der Waals surface area contributed by atoms with Crippen LogP contribution in [-0.2, 0) is 0 Å². The van der Waals surface area contributed by atoms with Crippen LogP contribution in [0.4, 0.5) is 0 Å². The minimum absolute atomic E-state index is 0.245. The second-order valence-electron chi connectivity index (χ2n) is 5.96. The van der Waals surface area contributed by atoms with Crippen molar-refractivity contribution < 1.29 is 5.11 Å². The van der Waals surface area contributed by atoms with E-state index in [0.717, 1.165) is 25.7 Å². The number of benzene rings is 1. The van der Waals surface area contributed by atoms with Gasteiger partial charge in [0.05, 0.1) is 6.10 Å². The van der Waals surface area contributed by atoms with Gasteiger partial charge in [0, 0.05) is 0 Å². The SMILES string of the molecule is CCCCCC/C=C/C(=C1/CCCC1O)c1ccccc1. The lowest BCUT2D eigenvalue weighted by molar-refractivity contribution is 0.218. The summed E-state index contributed by atoms with van der Waals surface area (Å²) in [5, 5.41) is 10.2. The number of rotatable bonds is 7. The van der Waals surface area contributed by atoms with E-state index in [2.05, 4.69) is 43.3 Å². The number of aliphatic hydroxyl groups is 1. The van der Waals surface area contributed by atoms with Gasteiger partial charge in [-0.25, -0.2) is 0 Å². The maximum Gasteiger partial charge on any atom is 0.0759 e. The molecule has 1 unspecified atom stereocenters. The summed E-state index contributed by atoms with van der Waals surface area (Å²) in [5.41, 5.74) is 3.71. The lowest BCUT2D eigenvalue weighted by atomic mass is 9.96. The van der Waals surface area contributed by atoms with Gasteiger partial charge < -0.3 is 5.11 Å². The van der Waals surface area contributed by atoms with Crippen molar-refractivity contribution in [3.05, 3.63) is 53.6 Å². The fraction of sp³-hybridized carbons (Fsp3) is 0.500. The van der Waals surface area contributed by atoms with Gasteiger partial charge in [0.2, 0.25) is 0 Å². The summed E-state index contributed by atoms with van der Waals surface area (Å²) in [7, 11) is 0. The second-order valence-corrected chi connectivity index (χ2v) is 5.96. The molecule has 114 valence electrons. The highest BCUT2D eigenvalue weighted by atomic mass is 16.3. The van der Waals surface area contributed by atoms with Crippen molar-refractivity contribution in [1.29, 1.82) is 0 Å². The molecule has 1 aliphatic carbocycles. The summed E-state index contributed by atoms with van der Waals surface area (Å²) < 4.78 is 0. The first-order valence-electron chi connectivity index (χ1n) is 8.46. The molecule has 0 saturated heterocycles. The van der Waals surface area contributed by atoms with E-state index < -0.39 is 0 Å². The van der Waals surface area contributed by atoms with Crippen LogP contribution < -0.4 is 0 Å². The fourth-order valence-corrected chi connectivity index (χ4v) is 3.04. The summed E-state index contributed by atoms with van der Waals surface area (Å²) in [6.07, 6.45) is 13.7. The molecule has 21 heavy (non-hydrogen) atoms. The van der Waals surface area contributed by atoms with Crippen molar-refractivity contribution in [3.63, 3.8) is 0 Å². The summed E-state index contributed by atoms with van der Waals surface area (Å²) in [6.45, 7) is 2.25. The zero-order chi connectivity index (χ0) is 14.9. The number of allylic oxidation sites excluding steroid dienone is 3. The van der Waals surface area contributed by atoms with Gasteiger partial charge in [-0.1, -0.05) is 68.7 Å². The van der Waals surface area contributed by atoms with Gasteiger partial charge in [-0.3, -0.25) is 0 Å². The number of hydrogen-bond donors (Lipinski definition) is 1. The molecule has 1 aromatic carbocycles. The number of aliphatic hydroxyl groups excluding tert-OH is 1. The summed E-state index contributed by atoms with van der Waals surface area (Å²) in [5.74, 6) is 0. The number of hydrogen-bond acceptors (Lipinski definition) is 1. The quantitative estimate of drug-likeness (QED) is 0.654. The Hall–Kier alpha value is -1.34. The molecular formula is C20H28O. The third-order valence-corrected chi connectivity index (χ3v) is 4.27. The van der Waals surface area contributed by atoms with E-state index in [4.69, 9.17) is 0 Å². The molecule has 1 aromatic rings. The van der Waals surface area contributed by atoms with Crippen LogP contribution in [0.2, 0.25) is 0 Å². The van der Waals surface area contributed by atoms with E-state index in [1.807, 2.05) is 6.07 Å². The van der Waals surface area contributed by atoms with Gasteiger partial charge in [-0.15, -0.1) is 0 Å². The summed E-state index contributed by atoms with van der Waals surface area (Å²) in [4.78, 5) is 0. The van der Waals surface area contributed by atoms with Crippen LogP contribution in [0.5, 0.6) is 0 Å². The molecule has 0 aromatic heterocycles. The lowest BCUT2D eigenvalue weighted by Crippen LogP contribution is -2.04. The average molecular weight is 284 g/mol. The second kappa shape index (κ2) is 8.84. The van der Waals surface area contributed by atoms with E-state index in [9.17, 15) is 5.11 Å². The first kappa shape index (κ1) is 16.0. The van der Waals surface area contributed by atoms with Gasteiger partial charge >= 0.3 is 0 Å². The molecular weight excluding hydrogens is 256 g/mol. The molecule has 0 heterocycles. The minimum atomic E-state index is -0.245. The summed E-state index contributed by atoms with van der Waals surface area (Å²) in [6, 6.07) is 10.5. The highest BCUT2D eigenvalue weighted by Crippen LogP contribution is 2.33. The van der Waals surface area contributed by atoms with Crippen molar-refractivity contribution in [2.24, 2.45) is 0 Å². The molecule has 0 aliphatic heterocycles. The average Bonchev–Trinajstić information content (AvgIpc) is 2.93. The third kappa shape index (κ3) is 4.86. The van der Waals surface area contributed by atoms with Crippen LogP contribution >= 0.6 is 0 Å². The predicted octanol–water partition coefficient (Wildman–Crippen LogP) is 5.51. The van der Waals surface area contributed by atoms with Crippen molar-refractivity contribution in [2.75, 3.05) is 0 Å². The first-order valence-corrected chi connectivity index (χ1v) is 8.46. The van der Waals surface area contributed by atoms with Crippen LogP contribution in [-0.4, -0.2) is 11.2 Å². The zero-order valence-corrected chi connectivity index (χ0v) is 13.2. The fourth-order valence-electron chi connectivity index (χ4n) is 3.04. The Balaban J connectivity index is 2.09. The predicted molar refractivity (Wildman–Crippen MR) is 91.1 cm³/mol. The molecule has 1 atom stereocenters. The van der Waals surface area contributed by atoms with Crippen molar-refractivity contribution in [1.82, 2.24) is 0 Å². The van der Waals surface area contributed by atoms with Crippen molar-refractivity contribution >= 4 is 5.57 Å². The van der Waals surface area contributed by atoms with E-state index in [1.54, 1.807) is 0 Å². The van der Waals surface area contributed by atoms with Crippen LogP contribution in [0.1, 0.15) is 63.9 Å². The van der Waals surface area contributed by atoms with Crippen LogP contribution in [0.25, 0.3) is 5.57 Å². The van der Waals surface area contributed by atoms with Gasteiger partial charge in [0.25, 0.3) is 0 Å². The Bertz CT molecular complexity index is 470. The van der Waals surface area contributed by atoms with E-state index >= 15 is 0 Å². The molecule has 1 fully saturated rings. The van der Waals surface area contributed by atoms with Crippen molar-refractivity contribution in [3.8, 4) is 0 Å². The highest BCUT2D eigenvalue weighted by Gasteiger charge is 2.21. The van der Waals surface area contributed by atoms with Gasteiger partial charge in [-0.05, 0) is 48.8 Å². The molecule has 1 N–H and O–H groups in total. The molecule has 1 nitrogen and oxygen atoms in total. The Morgan fingerprint density at radius 3 is 2.67 bits per heavy atom. The normalized spacial score (nSPS) is 21.1. The molecule has 0 bridgehead atoms. The molecule has 1 aliphatic rings. The Labute approximate surface area is 129 Å². The molecule has 1 saturated carbocycles. The summed E-state index contributed by atoms with van der Waals surface area (Å²) >= 11 is 0. The van der Waals surface area contributed by atoms with Gasteiger partial charge in [0.15, 0.2) is 0 Å². The monoisotopic (exact) mass is 284 g/mol. The minimum Gasteiger partial charge on any atom is -0.389 e. The molecule has 0 spiro atoms. The topological polar surface area (TPSA) is 20.2 Å². The number of unbranched alkanes of at least 4 members (excludes halogenated alkanes) is 4. The Kier molecular flexibility index (Phi) is 6.75. The van der Waals surface area contributed by atoms with E-state index in [-0.39, 0.29) is 6.10 Å². The zero-order valence-electron chi connectivity index (χ0n) is 13.2. The maximum atomic E-state index is 10.2. The molecule has 1 heteroatoms. The highest BCUT2D eigenvalue weighted by molar-refractivity contribution is 5.77. The standard InChI is InChI=1S/C20H28O/c1-2-3-4-5-6-10-14-18(17-12-8-7-9-13-17)19-15-11-16-20(19)21/h7-10,12-14,20-21H,2-6,11,15-16H2,1H3/b14-10+,19-18+. The Morgan fingerprint density at radius 2 is 2.00 bits per heavy atom. The van der Waals surface area contributed by atoms with Crippen LogP contribution in [0.3, 0.4) is 0 Å². The maximum absolute atomic E-state index is 10.2. The van der Waals surface area contributed by atoms with E-state index in [0.29, 0.717) is 0 Å². The van der Waals surface area contributed by atoms with Gasteiger partial charge in [-0.2, -0.15) is 0 Å². The Morgan fingerprint density at radius 1 is 1.19 bits per heavy atom. The van der Waals surface area contributed by atoms with Crippen LogP contribution in [0.15, 0.2) is 48.1 Å². The molecule has 0 amide bonds. The van der Waals surface area contributed by atoms with Crippen LogP contribution in [0, 0.1) is 0 Å². The smallest absolute Gasteiger partial charge is 0.0759 e. The first-order chi connectivity index (χ1) is 10.3. The lowest BCUT2D eigenvalue weighted by Gasteiger charge is -2.11. The van der Waals surface area contributed by atoms with Gasteiger partial charge in [0.1, 0.15) is 0 Å². The van der Waals surface area contributed by atoms with Crippen molar-refractivity contribution in [2.45, 2.75) is 64.4 Å². The third-order valence-electron chi connectivity index (χ3n) is 4.27. The molecule has 0 radical (unpaired) electrons. The van der Waals surface area contributed by atoms with E-state index in [1.165, 1.54) is 42.4 Å². The molecule has 2 rings (SSSR count). The largest absolute Gasteiger partial charge is 0.389 e.